The first-order valence-corrected chi connectivity index (χ1v) is 18.4. The lowest BCUT2D eigenvalue weighted by Gasteiger charge is -2.41. The van der Waals surface area contributed by atoms with Crippen molar-refractivity contribution in [2.24, 2.45) is 0 Å². The maximum atomic E-state index is 13.1. The third-order valence-corrected chi connectivity index (χ3v) is 11.1. The first-order chi connectivity index (χ1) is 25.6. The van der Waals surface area contributed by atoms with E-state index < -0.39 is 29.7 Å². The number of nitriles is 1. The van der Waals surface area contributed by atoms with Crippen LogP contribution < -0.4 is 31.1 Å². The van der Waals surface area contributed by atoms with Crippen LogP contribution in [0.15, 0.2) is 60.7 Å². The van der Waals surface area contributed by atoms with Crippen LogP contribution in [0.25, 0.3) is 0 Å². The molecule has 1 saturated carbocycles. The van der Waals surface area contributed by atoms with E-state index in [1.165, 1.54) is 0 Å². The van der Waals surface area contributed by atoms with Gasteiger partial charge in [-0.15, -0.1) is 0 Å². The minimum absolute atomic E-state index is 0.0612. The summed E-state index contributed by atoms with van der Waals surface area (Å²) in [4.78, 5) is 68.3. The fourth-order valence-electron chi connectivity index (χ4n) is 7.61. The van der Waals surface area contributed by atoms with Crippen molar-refractivity contribution < 1.29 is 24.0 Å². The van der Waals surface area contributed by atoms with Crippen LogP contribution in [0.2, 0.25) is 5.02 Å². The van der Waals surface area contributed by atoms with Crippen LogP contribution >= 0.6 is 11.6 Å². The Kier molecular flexibility index (Phi) is 10.3. The van der Waals surface area contributed by atoms with Gasteiger partial charge in [-0.1, -0.05) is 11.6 Å². The lowest BCUT2D eigenvalue weighted by molar-refractivity contribution is -0.136. The molecule has 1 atom stereocenters. The molecule has 14 heteroatoms. The molecule has 3 fully saturated rings. The highest BCUT2D eigenvalue weighted by Crippen LogP contribution is 2.31. The predicted molar refractivity (Wildman–Crippen MR) is 200 cm³/mol. The molecule has 3 heterocycles. The standard InChI is InChI=1S/C39H41ClN8O5/c1-46(30-10-4-24(20-41)33(40)19-30)28-11-5-25(6-12-28)44-36(50)23-2-8-29(9-3-23)47-21-27(22-47)43-17-16-42-26-7-13-31-32(18-26)39(53)48(38(31)52)34-14-15-35(49)45-37(34)51/h2-4,7-10,13,18-19,25,27-28,34,42-43H,5-6,11-12,14-17,21-22H2,1H3,(H,44,50)(H,45,49,51)/t25-,28-,34?. The summed E-state index contributed by atoms with van der Waals surface area (Å²) < 4.78 is 0. The summed E-state index contributed by atoms with van der Waals surface area (Å²) in [7, 11) is 2.05. The van der Waals surface area contributed by atoms with E-state index in [2.05, 4.69) is 37.1 Å². The second-order valence-electron chi connectivity index (χ2n) is 14.1. The molecule has 0 aromatic heterocycles. The van der Waals surface area contributed by atoms with Crippen LogP contribution in [0.4, 0.5) is 17.1 Å². The summed E-state index contributed by atoms with van der Waals surface area (Å²) in [6.07, 6.45) is 3.87. The molecule has 4 aliphatic rings. The molecule has 3 aliphatic heterocycles. The number of nitrogens with zero attached hydrogens (tertiary/aromatic N) is 4. The Balaban J connectivity index is 0.808. The zero-order valence-corrected chi connectivity index (χ0v) is 30.1. The minimum atomic E-state index is -0.987. The molecule has 3 aromatic carbocycles. The fraction of sp³-hybridized carbons (Fsp3) is 0.385. The van der Waals surface area contributed by atoms with Crippen LogP contribution in [-0.2, 0) is 9.59 Å². The van der Waals surface area contributed by atoms with E-state index in [1.54, 1.807) is 24.3 Å². The van der Waals surface area contributed by atoms with Crippen LogP contribution in [0.5, 0.6) is 0 Å². The SMILES string of the molecule is CN(c1ccc(C#N)c(Cl)c1)[C@H]1CC[C@H](NC(=O)c2ccc(N3CC(NCCNc4ccc5c(c4)C(=O)N(C4CCC(=O)NC4=O)C5=O)C3)cc2)CC1. The van der Waals surface area contributed by atoms with Gasteiger partial charge < -0.3 is 25.8 Å². The van der Waals surface area contributed by atoms with Gasteiger partial charge in [-0.3, -0.25) is 34.2 Å². The number of carbonyl (C=O) groups is 5. The van der Waals surface area contributed by atoms with Gasteiger partial charge in [-0.25, -0.2) is 0 Å². The zero-order chi connectivity index (χ0) is 37.2. The number of benzene rings is 3. The Hall–Kier alpha value is -5.45. The van der Waals surface area contributed by atoms with Crippen molar-refractivity contribution in [3.8, 4) is 6.07 Å². The van der Waals surface area contributed by atoms with Crippen LogP contribution in [0.1, 0.15) is 75.2 Å². The molecule has 3 aromatic rings. The number of carbonyl (C=O) groups excluding carboxylic acids is 5. The first-order valence-electron chi connectivity index (χ1n) is 18.0. The molecule has 53 heavy (non-hydrogen) atoms. The Morgan fingerprint density at radius 1 is 0.906 bits per heavy atom. The molecular formula is C39H41ClN8O5. The number of anilines is 3. The average Bonchev–Trinajstić information content (AvgIpc) is 3.38. The summed E-state index contributed by atoms with van der Waals surface area (Å²) in [5.74, 6) is -2.14. The van der Waals surface area contributed by atoms with Gasteiger partial charge in [-0.05, 0) is 92.8 Å². The molecule has 7 rings (SSSR count). The van der Waals surface area contributed by atoms with Gasteiger partial charge in [0.05, 0.1) is 21.7 Å². The van der Waals surface area contributed by atoms with E-state index >= 15 is 0 Å². The highest BCUT2D eigenvalue weighted by molar-refractivity contribution is 6.32. The van der Waals surface area contributed by atoms with Crippen molar-refractivity contribution in [1.29, 1.82) is 5.26 Å². The lowest BCUT2D eigenvalue weighted by atomic mass is 9.90. The number of halogens is 1. The summed E-state index contributed by atoms with van der Waals surface area (Å²) in [5, 5.41) is 21.9. The van der Waals surface area contributed by atoms with E-state index in [0.29, 0.717) is 47.0 Å². The molecule has 2 saturated heterocycles. The molecule has 1 unspecified atom stereocenters. The summed E-state index contributed by atoms with van der Waals surface area (Å²) in [6.45, 7) is 2.96. The van der Waals surface area contributed by atoms with Gasteiger partial charge in [0, 0.05) is 80.4 Å². The maximum Gasteiger partial charge on any atom is 0.262 e. The quantitative estimate of drug-likeness (QED) is 0.169. The van der Waals surface area contributed by atoms with Gasteiger partial charge in [0.2, 0.25) is 11.8 Å². The van der Waals surface area contributed by atoms with Crippen molar-refractivity contribution in [3.63, 3.8) is 0 Å². The monoisotopic (exact) mass is 736 g/mol. The smallest absolute Gasteiger partial charge is 0.262 e. The number of hydrogen-bond acceptors (Lipinski definition) is 10. The van der Waals surface area contributed by atoms with E-state index in [0.717, 1.165) is 55.0 Å². The van der Waals surface area contributed by atoms with Crippen molar-refractivity contribution >= 4 is 58.2 Å². The molecule has 0 spiro atoms. The number of hydrogen-bond donors (Lipinski definition) is 4. The van der Waals surface area contributed by atoms with Crippen LogP contribution in [0, 0.1) is 11.3 Å². The molecule has 0 radical (unpaired) electrons. The number of rotatable bonds is 11. The molecule has 0 bridgehead atoms. The number of amides is 5. The van der Waals surface area contributed by atoms with Crippen molar-refractivity contribution in [2.45, 2.75) is 62.7 Å². The number of fused-ring (bicyclic) bond motifs is 1. The Labute approximate surface area is 312 Å². The second kappa shape index (κ2) is 15.3. The first kappa shape index (κ1) is 35.9. The topological polar surface area (TPSA) is 167 Å². The molecule has 13 nitrogen and oxygen atoms in total. The van der Waals surface area contributed by atoms with E-state index in [9.17, 15) is 24.0 Å². The van der Waals surface area contributed by atoms with Crippen molar-refractivity contribution in [2.75, 3.05) is 48.3 Å². The van der Waals surface area contributed by atoms with E-state index in [1.807, 2.05) is 43.4 Å². The van der Waals surface area contributed by atoms with Gasteiger partial charge in [0.15, 0.2) is 0 Å². The largest absolute Gasteiger partial charge is 0.384 e. The number of imide groups is 2. The molecular weight excluding hydrogens is 696 g/mol. The number of nitrogens with one attached hydrogen (secondary N) is 4. The third kappa shape index (κ3) is 7.56. The highest BCUT2D eigenvalue weighted by Gasteiger charge is 2.44. The minimum Gasteiger partial charge on any atom is -0.384 e. The molecule has 4 N–H and O–H groups in total. The molecule has 5 amide bonds. The van der Waals surface area contributed by atoms with Gasteiger partial charge >= 0.3 is 0 Å². The van der Waals surface area contributed by atoms with Gasteiger partial charge in [0.1, 0.15) is 12.1 Å². The Morgan fingerprint density at radius 3 is 2.34 bits per heavy atom. The van der Waals surface area contributed by atoms with E-state index in [4.69, 9.17) is 16.9 Å². The Bertz CT molecular complexity index is 1980. The van der Waals surface area contributed by atoms with Gasteiger partial charge in [0.25, 0.3) is 17.7 Å². The molecule has 1 aliphatic carbocycles. The van der Waals surface area contributed by atoms with Crippen LogP contribution in [0.3, 0.4) is 0 Å². The average molecular weight is 737 g/mol. The summed E-state index contributed by atoms with van der Waals surface area (Å²) in [5.41, 5.74) is 4.35. The maximum absolute atomic E-state index is 13.1. The summed E-state index contributed by atoms with van der Waals surface area (Å²) in [6, 6.07) is 20.1. The fourth-order valence-corrected chi connectivity index (χ4v) is 7.82. The third-order valence-electron chi connectivity index (χ3n) is 10.8. The van der Waals surface area contributed by atoms with Crippen LogP contribution in [-0.4, -0.2) is 91.8 Å². The summed E-state index contributed by atoms with van der Waals surface area (Å²) >= 11 is 6.25. The van der Waals surface area contributed by atoms with Gasteiger partial charge in [-0.2, -0.15) is 5.26 Å². The van der Waals surface area contributed by atoms with Crippen molar-refractivity contribution in [3.05, 3.63) is 87.9 Å². The zero-order valence-electron chi connectivity index (χ0n) is 29.4. The van der Waals surface area contributed by atoms with E-state index in [-0.39, 0.29) is 35.9 Å². The predicted octanol–water partition coefficient (Wildman–Crippen LogP) is 3.68. The highest BCUT2D eigenvalue weighted by atomic mass is 35.5. The normalized spacial score (nSPS) is 21.4. The second-order valence-corrected chi connectivity index (χ2v) is 14.5. The Morgan fingerprint density at radius 2 is 1.64 bits per heavy atom. The van der Waals surface area contributed by atoms with Crippen molar-refractivity contribution in [1.82, 2.24) is 20.9 Å². The number of piperidine rings is 1. The molecule has 274 valence electrons. The lowest BCUT2D eigenvalue weighted by Crippen LogP contribution is -2.58.